The van der Waals surface area contributed by atoms with Gasteiger partial charge < -0.3 is 19.4 Å². The second-order valence-corrected chi connectivity index (χ2v) is 13.6. The first kappa shape index (κ1) is 30.9. The number of nitrogens with zero attached hydrogens (tertiary/aromatic N) is 7. The van der Waals surface area contributed by atoms with Crippen molar-refractivity contribution in [1.29, 1.82) is 0 Å². The lowest BCUT2D eigenvalue weighted by molar-refractivity contribution is -0.131. The predicted octanol–water partition coefficient (Wildman–Crippen LogP) is 4.21. The van der Waals surface area contributed by atoms with Gasteiger partial charge in [-0.25, -0.2) is 19.7 Å². The van der Waals surface area contributed by atoms with Gasteiger partial charge in [-0.2, -0.15) is 9.97 Å². The third-order valence-corrected chi connectivity index (χ3v) is 11.1. The molecule has 1 aromatic carbocycles. The van der Waals surface area contributed by atoms with Crippen LogP contribution >= 0.6 is 0 Å². The van der Waals surface area contributed by atoms with Gasteiger partial charge in [0.1, 0.15) is 30.5 Å². The number of aromatic nitrogens is 2. The number of carbonyl (C=O) groups excluding carboxylic acids is 1. The van der Waals surface area contributed by atoms with Crippen LogP contribution in [0.4, 0.5) is 19.0 Å². The molecule has 3 saturated heterocycles. The first-order chi connectivity index (χ1) is 22.1. The van der Waals surface area contributed by atoms with Crippen LogP contribution in [0.25, 0.3) is 4.85 Å². The highest BCUT2D eigenvalue weighted by molar-refractivity contribution is 5.91. The molecule has 1 spiro atoms. The third kappa shape index (κ3) is 5.12. The van der Waals surface area contributed by atoms with Crippen LogP contribution in [0.15, 0.2) is 30.6 Å². The highest BCUT2D eigenvalue weighted by Crippen LogP contribution is 2.48. The lowest BCUT2D eigenvalue weighted by atomic mass is 9.70. The smallest absolute Gasteiger partial charge is 0.318 e. The maximum Gasteiger partial charge on any atom is 0.318 e. The summed E-state index contributed by atoms with van der Waals surface area (Å²) in [6.07, 6.45) is 4.33. The summed E-state index contributed by atoms with van der Waals surface area (Å²) >= 11 is 0. The minimum atomic E-state index is -1.04. The number of halogens is 3. The van der Waals surface area contributed by atoms with Gasteiger partial charge in [0.05, 0.1) is 16.8 Å². The molecule has 12 heteroatoms. The van der Waals surface area contributed by atoms with Crippen LogP contribution in [0.5, 0.6) is 6.01 Å². The molecule has 3 fully saturated rings. The Bertz CT molecular complexity index is 1600. The molecule has 5 aliphatic rings. The Kier molecular flexibility index (Phi) is 7.96. The SMILES string of the molecule is [C-]#[N+]C[C@H]1CN(c2nc(OC[C@@]34CCCN3C[C@H](F)C4)nc3c2CN(C)[C@]2(CCCc4c(F)cccc42)C3)CCN1C(=O)C(=C)F. The van der Waals surface area contributed by atoms with E-state index in [1.165, 1.54) is 11.0 Å². The van der Waals surface area contributed by atoms with Gasteiger partial charge in [0.15, 0.2) is 5.83 Å². The molecule has 0 unspecified atom stereocenters. The number of amides is 1. The summed E-state index contributed by atoms with van der Waals surface area (Å²) < 4.78 is 49.9. The molecule has 0 bridgehead atoms. The van der Waals surface area contributed by atoms with Crippen molar-refractivity contribution in [3.63, 3.8) is 0 Å². The van der Waals surface area contributed by atoms with Crippen molar-refractivity contribution in [2.45, 2.75) is 74.8 Å². The van der Waals surface area contributed by atoms with Crippen molar-refractivity contribution < 1.29 is 22.7 Å². The summed E-state index contributed by atoms with van der Waals surface area (Å²) in [7, 11) is 2.06. The molecule has 4 aliphatic heterocycles. The van der Waals surface area contributed by atoms with Crippen LogP contribution < -0.4 is 9.64 Å². The zero-order valence-corrected chi connectivity index (χ0v) is 26.3. The van der Waals surface area contributed by atoms with Crippen molar-refractivity contribution >= 4 is 11.7 Å². The number of rotatable bonds is 6. The minimum absolute atomic E-state index is 0.0142. The molecular weight excluding hydrogens is 595 g/mol. The first-order valence-electron chi connectivity index (χ1n) is 16.3. The third-order valence-electron chi connectivity index (χ3n) is 11.1. The Morgan fingerprint density at radius 2 is 2.02 bits per heavy atom. The van der Waals surface area contributed by atoms with Gasteiger partial charge in [0.25, 0.3) is 5.91 Å². The van der Waals surface area contributed by atoms with Crippen molar-refractivity contribution in [2.24, 2.45) is 0 Å². The lowest BCUT2D eigenvalue weighted by Gasteiger charge is -2.50. The standard InChI is InChI=1S/C34H40F3N7O2/c1-22(35)31(45)44-14-13-42(19-24(44)17-38-2)30-26-20-41(3)34(11-5-7-25-27(34)8-4-9-28(25)37)16-29(26)39-32(40-30)46-21-33-10-6-12-43(33)18-23(36)15-33/h4,8-9,23-24H,1,5-7,10-21H2,3H3/t23-,24+,33+,34-/m1/s1. The molecule has 7 rings (SSSR count). The van der Waals surface area contributed by atoms with Crippen LogP contribution in [0.1, 0.15) is 54.5 Å². The summed E-state index contributed by atoms with van der Waals surface area (Å²) in [6, 6.07) is 5.00. The predicted molar refractivity (Wildman–Crippen MR) is 166 cm³/mol. The van der Waals surface area contributed by atoms with Crippen molar-refractivity contribution in [2.75, 3.05) is 57.8 Å². The Labute approximate surface area is 267 Å². The summed E-state index contributed by atoms with van der Waals surface area (Å²) in [4.78, 5) is 34.0. The van der Waals surface area contributed by atoms with Crippen LogP contribution in [0.3, 0.4) is 0 Å². The highest BCUT2D eigenvalue weighted by atomic mass is 19.1. The summed E-state index contributed by atoms with van der Waals surface area (Å²) in [5, 5.41) is 0. The monoisotopic (exact) mass is 635 g/mol. The Balaban J connectivity index is 1.26. The maximum atomic E-state index is 15.0. The molecule has 4 atom stereocenters. The number of hydrogen-bond acceptors (Lipinski definition) is 7. The first-order valence-corrected chi connectivity index (χ1v) is 16.3. The number of fused-ring (bicyclic) bond motifs is 4. The van der Waals surface area contributed by atoms with E-state index in [1.807, 2.05) is 11.0 Å². The molecule has 5 heterocycles. The summed E-state index contributed by atoms with van der Waals surface area (Å²) in [5.41, 5.74) is 2.68. The largest absolute Gasteiger partial charge is 0.461 e. The van der Waals surface area contributed by atoms with E-state index in [0.717, 1.165) is 54.6 Å². The molecule has 0 saturated carbocycles. The molecule has 1 aromatic heterocycles. The van der Waals surface area contributed by atoms with Gasteiger partial charge >= 0.3 is 6.01 Å². The van der Waals surface area contributed by atoms with Crippen LogP contribution in [-0.4, -0.2) is 101 Å². The summed E-state index contributed by atoms with van der Waals surface area (Å²) in [5.74, 6) is -1.36. The quantitative estimate of drug-likeness (QED) is 0.348. The number of hydrogen-bond donors (Lipinski definition) is 0. The number of likely N-dealkylation sites (N-methyl/N-ethyl adjacent to an activating group) is 1. The van der Waals surface area contributed by atoms with E-state index in [-0.39, 0.29) is 43.6 Å². The molecule has 9 nitrogen and oxygen atoms in total. The van der Waals surface area contributed by atoms with E-state index in [2.05, 4.69) is 28.3 Å². The molecule has 244 valence electrons. The maximum absolute atomic E-state index is 15.0. The van der Waals surface area contributed by atoms with E-state index in [9.17, 15) is 13.6 Å². The Hall–Kier alpha value is -3.69. The highest BCUT2D eigenvalue weighted by Gasteiger charge is 2.50. The van der Waals surface area contributed by atoms with Crippen molar-refractivity contribution in [1.82, 2.24) is 24.7 Å². The van der Waals surface area contributed by atoms with Crippen molar-refractivity contribution in [3.05, 3.63) is 70.2 Å². The van der Waals surface area contributed by atoms with Crippen molar-refractivity contribution in [3.8, 4) is 6.01 Å². The van der Waals surface area contributed by atoms with Gasteiger partial charge in [-0.3, -0.25) is 14.6 Å². The number of ether oxygens (including phenoxy) is 1. The average Bonchev–Trinajstić information content (AvgIpc) is 3.56. The molecule has 46 heavy (non-hydrogen) atoms. The second kappa shape index (κ2) is 11.8. The number of anilines is 1. The van der Waals surface area contributed by atoms with Crippen LogP contribution in [0, 0.1) is 12.4 Å². The fraction of sp³-hybridized carbons (Fsp3) is 0.588. The fourth-order valence-electron chi connectivity index (χ4n) is 8.83. The summed E-state index contributed by atoms with van der Waals surface area (Å²) in [6.45, 7) is 13.6. The van der Waals surface area contributed by atoms with E-state index in [0.29, 0.717) is 44.7 Å². The van der Waals surface area contributed by atoms with Gasteiger partial charge in [-0.15, -0.1) is 0 Å². The topological polar surface area (TPSA) is 69.4 Å². The molecule has 1 aliphatic carbocycles. The minimum Gasteiger partial charge on any atom is -0.461 e. The zero-order valence-electron chi connectivity index (χ0n) is 26.3. The fourth-order valence-corrected chi connectivity index (χ4v) is 8.83. The average molecular weight is 636 g/mol. The number of alkyl halides is 1. The molecular formula is C34H40F3N7O2. The van der Waals surface area contributed by atoms with E-state index in [4.69, 9.17) is 21.3 Å². The molecule has 0 radical (unpaired) electrons. The zero-order chi connectivity index (χ0) is 32.2. The number of piperazine rings is 1. The Morgan fingerprint density at radius 1 is 1.17 bits per heavy atom. The van der Waals surface area contributed by atoms with E-state index >= 15 is 4.39 Å². The number of benzene rings is 1. The second-order valence-electron chi connectivity index (χ2n) is 13.6. The Morgan fingerprint density at radius 3 is 2.83 bits per heavy atom. The molecule has 1 amide bonds. The van der Waals surface area contributed by atoms with E-state index < -0.39 is 29.5 Å². The lowest BCUT2D eigenvalue weighted by Crippen LogP contribution is -2.57. The van der Waals surface area contributed by atoms with Gasteiger partial charge in [0, 0.05) is 51.1 Å². The van der Waals surface area contributed by atoms with E-state index in [1.54, 1.807) is 6.07 Å². The number of carbonyl (C=O) groups is 1. The van der Waals surface area contributed by atoms with Crippen LogP contribution in [0.2, 0.25) is 0 Å². The van der Waals surface area contributed by atoms with Gasteiger partial charge in [-0.05, 0) is 62.9 Å². The van der Waals surface area contributed by atoms with Crippen LogP contribution in [-0.2, 0) is 29.7 Å². The van der Waals surface area contributed by atoms with Gasteiger partial charge in [-0.1, -0.05) is 18.7 Å². The van der Waals surface area contributed by atoms with Gasteiger partial charge in [0.2, 0.25) is 6.54 Å². The normalized spacial score (nSPS) is 29.3. The molecule has 2 aromatic rings. The molecule has 0 N–H and O–H groups in total.